The first kappa shape index (κ1) is 8.80. The molecule has 0 saturated heterocycles. The van der Waals surface area contributed by atoms with Gasteiger partial charge in [0, 0.05) is 5.56 Å². The Morgan fingerprint density at radius 3 is 2.93 bits per heavy atom. The van der Waals surface area contributed by atoms with Gasteiger partial charge < -0.3 is 9.47 Å². The van der Waals surface area contributed by atoms with Gasteiger partial charge in [-0.25, -0.2) is 0 Å². The van der Waals surface area contributed by atoms with E-state index in [0.29, 0.717) is 11.3 Å². The number of ether oxygens (including phenoxy) is 2. The Morgan fingerprint density at radius 2 is 2.29 bits per heavy atom. The van der Waals surface area contributed by atoms with Crippen molar-refractivity contribution in [1.82, 2.24) is 0 Å². The van der Waals surface area contributed by atoms with E-state index in [2.05, 4.69) is 0 Å². The molecule has 0 atom stereocenters. The Balaban J connectivity index is 2.62. The van der Waals surface area contributed by atoms with Crippen LogP contribution < -0.4 is 9.47 Å². The van der Waals surface area contributed by atoms with Crippen molar-refractivity contribution in [2.24, 2.45) is 0 Å². The van der Waals surface area contributed by atoms with Gasteiger partial charge in [-0.05, 0) is 18.6 Å². The molecule has 14 heavy (non-hydrogen) atoms. The van der Waals surface area contributed by atoms with Crippen LogP contribution in [0.1, 0.15) is 12.5 Å². The lowest BCUT2D eigenvalue weighted by atomic mass is 10.1. The predicted octanol–water partition coefficient (Wildman–Crippen LogP) is 1.90. The molecule has 1 aliphatic heterocycles. The van der Waals surface area contributed by atoms with Crippen molar-refractivity contribution < 1.29 is 14.4 Å². The van der Waals surface area contributed by atoms with Crippen molar-refractivity contribution in [3.05, 3.63) is 34.2 Å². The van der Waals surface area contributed by atoms with Gasteiger partial charge in [0.1, 0.15) is 0 Å². The van der Waals surface area contributed by atoms with Crippen LogP contribution in [0.2, 0.25) is 0 Å². The fraction of sp³-hybridized carbons (Fsp3) is 0.222. The van der Waals surface area contributed by atoms with Gasteiger partial charge in [0.2, 0.25) is 12.5 Å². The van der Waals surface area contributed by atoms with Gasteiger partial charge in [0.05, 0.1) is 4.92 Å². The highest BCUT2D eigenvalue weighted by molar-refractivity contribution is 5.63. The largest absolute Gasteiger partial charge is 0.453 e. The zero-order valence-electron chi connectivity index (χ0n) is 7.52. The molecule has 1 aromatic carbocycles. The Hall–Kier alpha value is -1.78. The number of hydrogen-bond acceptors (Lipinski definition) is 4. The predicted molar refractivity (Wildman–Crippen MR) is 48.3 cm³/mol. The van der Waals surface area contributed by atoms with Crippen LogP contribution in [0.5, 0.6) is 11.5 Å². The Labute approximate surface area is 80.4 Å². The van der Waals surface area contributed by atoms with E-state index in [1.165, 1.54) is 0 Å². The highest BCUT2D eigenvalue weighted by Gasteiger charge is 2.28. The third kappa shape index (κ3) is 1.17. The number of fused-ring (bicyclic) bond motifs is 1. The van der Waals surface area contributed by atoms with Gasteiger partial charge in [-0.1, -0.05) is 6.92 Å². The summed E-state index contributed by atoms with van der Waals surface area (Å²) < 4.78 is 10.1. The molecule has 0 spiro atoms. The van der Waals surface area contributed by atoms with Crippen molar-refractivity contribution in [2.45, 2.75) is 6.92 Å². The second-order valence-corrected chi connectivity index (χ2v) is 2.78. The average molecular weight is 194 g/mol. The minimum absolute atomic E-state index is 0.0255. The smallest absolute Gasteiger partial charge is 0.318 e. The summed E-state index contributed by atoms with van der Waals surface area (Å²) in [6, 6.07) is 3.32. The topological polar surface area (TPSA) is 61.6 Å². The summed E-state index contributed by atoms with van der Waals surface area (Å²) in [5.74, 6) is 0.660. The molecule has 5 heteroatoms. The van der Waals surface area contributed by atoms with E-state index in [1.54, 1.807) is 25.5 Å². The van der Waals surface area contributed by atoms with Gasteiger partial charge >= 0.3 is 5.69 Å². The second-order valence-electron chi connectivity index (χ2n) is 2.78. The fourth-order valence-corrected chi connectivity index (χ4v) is 1.39. The van der Waals surface area contributed by atoms with Gasteiger partial charge in [0.25, 0.3) is 0 Å². The van der Waals surface area contributed by atoms with Gasteiger partial charge in [-0.2, -0.15) is 0 Å². The molecule has 0 N–H and O–H groups in total. The first-order valence-corrected chi connectivity index (χ1v) is 4.10. The maximum absolute atomic E-state index is 10.8. The molecule has 1 heterocycles. The summed E-state index contributed by atoms with van der Waals surface area (Å²) in [7, 11) is 0. The minimum Gasteiger partial charge on any atom is -0.453 e. The molecule has 1 aromatic rings. The zero-order valence-corrected chi connectivity index (χ0v) is 7.52. The van der Waals surface area contributed by atoms with E-state index in [0.717, 1.165) is 0 Å². The summed E-state index contributed by atoms with van der Waals surface area (Å²) in [4.78, 5) is 10.3. The molecule has 1 aliphatic rings. The molecule has 5 nitrogen and oxygen atoms in total. The number of nitro benzene ring substituents is 1. The van der Waals surface area contributed by atoms with Crippen LogP contribution >= 0.6 is 0 Å². The van der Waals surface area contributed by atoms with Crippen molar-refractivity contribution in [1.29, 1.82) is 0 Å². The van der Waals surface area contributed by atoms with Crippen LogP contribution in [0, 0.1) is 16.5 Å². The van der Waals surface area contributed by atoms with Gasteiger partial charge in [0.15, 0.2) is 5.75 Å². The number of rotatable bonds is 2. The second kappa shape index (κ2) is 3.17. The van der Waals surface area contributed by atoms with Crippen LogP contribution in [0.15, 0.2) is 12.1 Å². The molecular weight excluding hydrogens is 186 g/mol. The highest BCUT2D eigenvalue weighted by Crippen LogP contribution is 2.42. The first-order valence-electron chi connectivity index (χ1n) is 4.10. The van der Waals surface area contributed by atoms with E-state index in [1.807, 2.05) is 0 Å². The molecule has 0 aromatic heterocycles. The lowest BCUT2D eigenvalue weighted by Crippen LogP contribution is -1.97. The van der Waals surface area contributed by atoms with Crippen molar-refractivity contribution >= 4 is 5.69 Å². The molecule has 73 valence electrons. The van der Waals surface area contributed by atoms with Crippen LogP contribution in [0.3, 0.4) is 0 Å². The Morgan fingerprint density at radius 1 is 1.50 bits per heavy atom. The Bertz CT molecular complexity index is 389. The molecule has 0 aliphatic carbocycles. The summed E-state index contributed by atoms with van der Waals surface area (Å²) in [5, 5.41) is 10.8. The molecule has 0 fully saturated rings. The highest BCUT2D eigenvalue weighted by atomic mass is 16.7. The molecule has 0 unspecified atom stereocenters. The third-order valence-electron chi connectivity index (χ3n) is 2.04. The van der Waals surface area contributed by atoms with Crippen LogP contribution in [-0.4, -0.2) is 11.7 Å². The summed E-state index contributed by atoms with van der Waals surface area (Å²) in [6.07, 6.45) is 1.67. The summed E-state index contributed by atoms with van der Waals surface area (Å²) >= 11 is 0. The minimum atomic E-state index is -0.456. The van der Waals surface area contributed by atoms with Crippen LogP contribution in [0.4, 0.5) is 5.69 Å². The van der Waals surface area contributed by atoms with Gasteiger partial charge in [-0.3, -0.25) is 10.1 Å². The van der Waals surface area contributed by atoms with E-state index in [4.69, 9.17) is 9.47 Å². The molecule has 0 amide bonds. The van der Waals surface area contributed by atoms with Crippen LogP contribution in [-0.2, 0) is 0 Å². The number of nitro groups is 1. The quantitative estimate of drug-likeness (QED) is 0.532. The van der Waals surface area contributed by atoms with Crippen molar-refractivity contribution in [2.75, 3.05) is 6.79 Å². The lowest BCUT2D eigenvalue weighted by Gasteiger charge is -2.02. The van der Waals surface area contributed by atoms with E-state index in [-0.39, 0.29) is 18.2 Å². The maximum atomic E-state index is 10.8. The SMILES string of the molecule is C[CH]c1ccc2c(c1[N+](=O)[O-])OCO2. The fourth-order valence-electron chi connectivity index (χ4n) is 1.39. The molecular formula is C9H8NO4. The maximum Gasteiger partial charge on any atom is 0.318 e. The number of benzene rings is 1. The average Bonchev–Trinajstić information content (AvgIpc) is 2.62. The normalized spacial score (nSPS) is 12.9. The van der Waals surface area contributed by atoms with Crippen LogP contribution in [0.25, 0.3) is 0 Å². The first-order chi connectivity index (χ1) is 6.74. The summed E-state index contributed by atoms with van der Waals surface area (Å²) in [5.41, 5.74) is 0.516. The van der Waals surface area contributed by atoms with E-state index < -0.39 is 4.92 Å². The molecule has 2 rings (SSSR count). The molecule has 0 bridgehead atoms. The zero-order chi connectivity index (χ0) is 10.1. The third-order valence-corrected chi connectivity index (χ3v) is 2.04. The number of hydrogen-bond donors (Lipinski definition) is 0. The molecule has 1 radical (unpaired) electrons. The molecule has 0 saturated carbocycles. The van der Waals surface area contributed by atoms with Gasteiger partial charge in [-0.15, -0.1) is 0 Å². The van der Waals surface area contributed by atoms with Crippen molar-refractivity contribution in [3.63, 3.8) is 0 Å². The standard InChI is InChI=1S/C9H8NO4/c1-2-6-3-4-7-9(14-5-13-7)8(6)10(11)12/h2-4H,5H2,1H3. The van der Waals surface area contributed by atoms with Crippen molar-refractivity contribution in [3.8, 4) is 11.5 Å². The monoisotopic (exact) mass is 194 g/mol. The van der Waals surface area contributed by atoms with E-state index in [9.17, 15) is 10.1 Å². The Kier molecular flexibility index (Phi) is 1.99. The number of nitrogens with zero attached hydrogens (tertiary/aromatic N) is 1. The van der Waals surface area contributed by atoms with E-state index >= 15 is 0 Å². The summed E-state index contributed by atoms with van der Waals surface area (Å²) in [6.45, 7) is 1.79. The lowest BCUT2D eigenvalue weighted by molar-refractivity contribution is -0.386.